The van der Waals surface area contributed by atoms with Gasteiger partial charge in [0, 0.05) is 58.6 Å². The molecule has 1 aliphatic rings. The molecule has 1 N–H and O–H groups in total. The fourth-order valence-corrected chi connectivity index (χ4v) is 3.01. The number of carbonyl (C=O) groups is 2. The van der Waals surface area contributed by atoms with Crippen molar-refractivity contribution >= 4 is 11.9 Å². The molecule has 1 unspecified atom stereocenters. The van der Waals surface area contributed by atoms with Crippen molar-refractivity contribution in [1.82, 2.24) is 29.6 Å². The van der Waals surface area contributed by atoms with Crippen LogP contribution in [0.2, 0.25) is 0 Å². The van der Waals surface area contributed by atoms with Crippen molar-refractivity contribution in [3.05, 3.63) is 18.2 Å². The van der Waals surface area contributed by atoms with E-state index in [9.17, 15) is 9.59 Å². The predicted octanol–water partition coefficient (Wildman–Crippen LogP) is 0.422. The molecule has 1 aromatic heterocycles. The molecule has 0 radical (unpaired) electrons. The summed E-state index contributed by atoms with van der Waals surface area (Å²) >= 11 is 0. The number of amides is 3. The topological polar surface area (TPSA) is 73.7 Å². The minimum Gasteiger partial charge on any atom is -0.340 e. The van der Waals surface area contributed by atoms with Gasteiger partial charge in [-0.05, 0) is 26.9 Å². The molecule has 2 rings (SSSR count). The first kappa shape index (κ1) is 19.2. The highest BCUT2D eigenvalue weighted by Crippen LogP contribution is 2.25. The van der Waals surface area contributed by atoms with Crippen molar-refractivity contribution in [2.24, 2.45) is 0 Å². The summed E-state index contributed by atoms with van der Waals surface area (Å²) < 4.78 is 2.19. The monoisotopic (exact) mass is 350 g/mol. The fourth-order valence-electron chi connectivity index (χ4n) is 3.01. The minimum atomic E-state index is -0.249. The van der Waals surface area contributed by atoms with Crippen molar-refractivity contribution in [1.29, 1.82) is 0 Å². The lowest BCUT2D eigenvalue weighted by Gasteiger charge is -2.33. The van der Waals surface area contributed by atoms with Gasteiger partial charge in [0.25, 0.3) is 0 Å². The Morgan fingerprint density at radius 1 is 1.32 bits per heavy atom. The van der Waals surface area contributed by atoms with Gasteiger partial charge in [0.1, 0.15) is 5.82 Å². The number of hydrogen-bond donors (Lipinski definition) is 1. The number of imidazole rings is 1. The molecule has 0 bridgehead atoms. The van der Waals surface area contributed by atoms with Crippen LogP contribution in [0.5, 0.6) is 0 Å². The number of likely N-dealkylation sites (tertiary alicyclic amines) is 1. The van der Waals surface area contributed by atoms with Crippen LogP contribution in [0.15, 0.2) is 12.4 Å². The summed E-state index contributed by atoms with van der Waals surface area (Å²) in [7, 11) is 7.42. The predicted molar refractivity (Wildman–Crippen MR) is 96.4 cm³/mol. The first-order chi connectivity index (χ1) is 11.9. The largest absolute Gasteiger partial charge is 0.340 e. The van der Waals surface area contributed by atoms with E-state index in [0.29, 0.717) is 6.54 Å². The molecule has 8 nitrogen and oxygen atoms in total. The summed E-state index contributed by atoms with van der Waals surface area (Å²) in [5.41, 5.74) is 0. The lowest BCUT2D eigenvalue weighted by Crippen LogP contribution is -2.46. The van der Waals surface area contributed by atoms with E-state index in [1.807, 2.05) is 17.3 Å². The molecule has 25 heavy (non-hydrogen) atoms. The van der Waals surface area contributed by atoms with Crippen LogP contribution in [0.1, 0.15) is 24.6 Å². The zero-order valence-electron chi connectivity index (χ0n) is 15.7. The Kier molecular flexibility index (Phi) is 6.81. The maximum Gasteiger partial charge on any atom is 0.317 e. The number of hydrogen-bond acceptors (Lipinski definition) is 4. The molecule has 1 aromatic rings. The third kappa shape index (κ3) is 5.45. The van der Waals surface area contributed by atoms with Gasteiger partial charge in [-0.1, -0.05) is 0 Å². The van der Waals surface area contributed by atoms with E-state index in [0.717, 1.165) is 38.3 Å². The fraction of sp³-hybridized carbons (Fsp3) is 0.706. The van der Waals surface area contributed by atoms with Crippen molar-refractivity contribution in [2.75, 3.05) is 54.4 Å². The Morgan fingerprint density at radius 2 is 2.08 bits per heavy atom. The number of aromatic nitrogens is 2. The van der Waals surface area contributed by atoms with Gasteiger partial charge in [-0.25, -0.2) is 9.78 Å². The van der Waals surface area contributed by atoms with Crippen molar-refractivity contribution in [3.8, 4) is 0 Å². The van der Waals surface area contributed by atoms with Crippen LogP contribution in [0.25, 0.3) is 0 Å². The second kappa shape index (κ2) is 8.84. The zero-order valence-corrected chi connectivity index (χ0v) is 15.7. The Hall–Kier alpha value is -2.09. The van der Waals surface area contributed by atoms with Gasteiger partial charge >= 0.3 is 6.03 Å². The first-order valence-electron chi connectivity index (χ1n) is 8.77. The number of rotatable bonds is 6. The van der Waals surface area contributed by atoms with Gasteiger partial charge in [0.2, 0.25) is 5.91 Å². The quantitative estimate of drug-likeness (QED) is 0.807. The first-order valence-corrected chi connectivity index (χ1v) is 8.77. The Bertz CT molecular complexity index is 583. The number of likely N-dealkylation sites (N-methyl/N-ethyl adjacent to an activating group) is 1. The Morgan fingerprint density at radius 3 is 2.76 bits per heavy atom. The number of urea groups is 1. The third-order valence-corrected chi connectivity index (χ3v) is 4.47. The van der Waals surface area contributed by atoms with Crippen molar-refractivity contribution < 1.29 is 9.59 Å². The second-order valence-electron chi connectivity index (χ2n) is 7.01. The molecule has 0 spiro atoms. The Labute approximate surface area is 149 Å². The van der Waals surface area contributed by atoms with E-state index in [-0.39, 0.29) is 24.4 Å². The average Bonchev–Trinajstić information content (AvgIpc) is 3.06. The van der Waals surface area contributed by atoms with E-state index < -0.39 is 0 Å². The number of carbonyl (C=O) groups excluding carboxylic acids is 2. The van der Waals surface area contributed by atoms with Crippen LogP contribution in [-0.4, -0.2) is 90.6 Å². The van der Waals surface area contributed by atoms with Crippen LogP contribution in [0.4, 0.5) is 4.79 Å². The highest BCUT2D eigenvalue weighted by Gasteiger charge is 2.27. The smallest absolute Gasteiger partial charge is 0.317 e. The van der Waals surface area contributed by atoms with E-state index in [1.165, 1.54) is 4.90 Å². The molecule has 1 atom stereocenters. The SMILES string of the molecule is CN(C)CCn1ccnc1C1CCCN(C(=O)CNC(=O)N(C)C)C1. The normalized spacial score (nSPS) is 17.6. The molecule has 140 valence electrons. The van der Waals surface area contributed by atoms with Crippen LogP contribution in [0, 0.1) is 0 Å². The van der Waals surface area contributed by atoms with Gasteiger partial charge in [-0.2, -0.15) is 0 Å². The highest BCUT2D eigenvalue weighted by atomic mass is 16.2. The lowest BCUT2D eigenvalue weighted by atomic mass is 9.97. The van der Waals surface area contributed by atoms with Gasteiger partial charge in [0.15, 0.2) is 0 Å². The lowest BCUT2D eigenvalue weighted by molar-refractivity contribution is -0.131. The van der Waals surface area contributed by atoms with Gasteiger partial charge in [0.05, 0.1) is 6.54 Å². The summed E-state index contributed by atoms with van der Waals surface area (Å²) in [5, 5.41) is 2.64. The summed E-state index contributed by atoms with van der Waals surface area (Å²) in [6.45, 7) is 3.29. The van der Waals surface area contributed by atoms with Gasteiger partial charge in [-0.3, -0.25) is 4.79 Å². The standard InChI is InChI=1S/C17H30N6O2/c1-20(2)10-11-22-9-7-18-16(22)14-6-5-8-23(13-14)15(24)12-19-17(25)21(3)4/h7,9,14H,5-6,8,10-13H2,1-4H3,(H,19,25). The maximum atomic E-state index is 12.4. The number of piperidine rings is 1. The summed E-state index contributed by atoms with van der Waals surface area (Å²) in [6.07, 6.45) is 5.84. The van der Waals surface area contributed by atoms with Crippen LogP contribution < -0.4 is 5.32 Å². The molecular formula is C17H30N6O2. The average molecular weight is 350 g/mol. The van der Waals surface area contributed by atoms with Crippen molar-refractivity contribution in [2.45, 2.75) is 25.3 Å². The molecule has 1 aliphatic heterocycles. The second-order valence-corrected chi connectivity index (χ2v) is 7.01. The van der Waals surface area contributed by atoms with Gasteiger partial charge < -0.3 is 24.6 Å². The Balaban J connectivity index is 1.93. The molecule has 0 aliphatic carbocycles. The third-order valence-electron chi connectivity index (χ3n) is 4.47. The van der Waals surface area contributed by atoms with Crippen LogP contribution in [-0.2, 0) is 11.3 Å². The van der Waals surface area contributed by atoms with E-state index in [2.05, 4.69) is 33.9 Å². The molecule has 0 saturated carbocycles. The highest BCUT2D eigenvalue weighted by molar-refractivity contribution is 5.83. The van der Waals surface area contributed by atoms with E-state index in [4.69, 9.17) is 0 Å². The molecule has 0 aromatic carbocycles. The molecule has 1 fully saturated rings. The van der Waals surface area contributed by atoms with Crippen LogP contribution in [0.3, 0.4) is 0 Å². The summed E-state index contributed by atoms with van der Waals surface area (Å²) in [6, 6.07) is -0.249. The van der Waals surface area contributed by atoms with Gasteiger partial charge in [-0.15, -0.1) is 0 Å². The molecule has 2 heterocycles. The molecular weight excluding hydrogens is 320 g/mol. The van der Waals surface area contributed by atoms with Crippen LogP contribution >= 0.6 is 0 Å². The maximum absolute atomic E-state index is 12.4. The molecule has 8 heteroatoms. The van der Waals surface area contributed by atoms with E-state index >= 15 is 0 Å². The zero-order chi connectivity index (χ0) is 18.4. The van der Waals surface area contributed by atoms with Crippen molar-refractivity contribution in [3.63, 3.8) is 0 Å². The van der Waals surface area contributed by atoms with E-state index in [1.54, 1.807) is 14.1 Å². The molecule has 1 saturated heterocycles. The number of nitrogens with zero attached hydrogens (tertiary/aromatic N) is 5. The molecule has 3 amide bonds. The summed E-state index contributed by atoms with van der Waals surface area (Å²) in [4.78, 5) is 33.9. The number of nitrogens with one attached hydrogen (secondary N) is 1. The minimum absolute atomic E-state index is 0.0358. The summed E-state index contributed by atoms with van der Waals surface area (Å²) in [5.74, 6) is 1.27.